The Kier molecular flexibility index (Phi) is 2.78. The fraction of sp³-hybridized carbons (Fsp3) is 0.429. The summed E-state index contributed by atoms with van der Waals surface area (Å²) in [5.74, 6) is 0.314. The summed E-state index contributed by atoms with van der Waals surface area (Å²) in [6.45, 7) is 0. The van der Waals surface area contributed by atoms with E-state index < -0.39 is 11.4 Å². The second-order valence-corrected chi connectivity index (χ2v) is 5.37. The number of carbonyl (C=O) groups excluding carboxylic acids is 1. The lowest BCUT2D eigenvalue weighted by molar-refractivity contribution is 0.100. The van der Waals surface area contributed by atoms with Crippen molar-refractivity contribution in [3.05, 3.63) is 29.6 Å². The third-order valence-electron chi connectivity index (χ3n) is 4.00. The molecule has 1 aliphatic rings. The van der Waals surface area contributed by atoms with Crippen LogP contribution in [0.5, 0.6) is 0 Å². The standard InChI is InChI=1S/C14H18N4O/c15-12(19)9-5-4-6-10-11(9)18-13(17-10)14(16)7-2-1-3-8-14/h4-6H,1-3,7-8,16H2,(H2,15,19)(H,17,18). The summed E-state index contributed by atoms with van der Waals surface area (Å²) in [6, 6.07) is 5.39. The van der Waals surface area contributed by atoms with E-state index in [1.54, 1.807) is 12.1 Å². The highest BCUT2D eigenvalue weighted by molar-refractivity contribution is 6.04. The van der Waals surface area contributed by atoms with Gasteiger partial charge in [-0.1, -0.05) is 25.3 Å². The van der Waals surface area contributed by atoms with Crippen molar-refractivity contribution in [2.75, 3.05) is 0 Å². The molecule has 0 saturated heterocycles. The summed E-state index contributed by atoms with van der Waals surface area (Å²) in [4.78, 5) is 19.2. The van der Waals surface area contributed by atoms with Crippen LogP contribution in [0, 0.1) is 0 Å². The number of aromatic nitrogens is 2. The second-order valence-electron chi connectivity index (χ2n) is 5.37. The summed E-state index contributed by atoms with van der Waals surface area (Å²) in [5, 5.41) is 0. The van der Waals surface area contributed by atoms with Crippen molar-refractivity contribution in [3.63, 3.8) is 0 Å². The van der Waals surface area contributed by atoms with Gasteiger partial charge in [0, 0.05) is 0 Å². The van der Waals surface area contributed by atoms with Crippen molar-refractivity contribution in [2.45, 2.75) is 37.6 Å². The lowest BCUT2D eigenvalue weighted by Gasteiger charge is -2.31. The van der Waals surface area contributed by atoms with E-state index in [1.807, 2.05) is 6.07 Å². The lowest BCUT2D eigenvalue weighted by Crippen LogP contribution is -2.39. The molecule has 1 fully saturated rings. The van der Waals surface area contributed by atoms with E-state index in [0.29, 0.717) is 11.1 Å². The molecular formula is C14H18N4O. The monoisotopic (exact) mass is 258 g/mol. The minimum absolute atomic E-state index is 0.397. The number of hydrogen-bond donors (Lipinski definition) is 3. The number of primary amides is 1. The number of benzene rings is 1. The molecule has 1 aromatic carbocycles. The molecule has 0 unspecified atom stereocenters. The number of H-pyrrole nitrogens is 1. The molecule has 1 aliphatic carbocycles. The second kappa shape index (κ2) is 4.35. The van der Waals surface area contributed by atoms with Gasteiger partial charge in [-0.3, -0.25) is 4.79 Å². The van der Waals surface area contributed by atoms with Crippen LogP contribution >= 0.6 is 0 Å². The average molecular weight is 258 g/mol. The maximum absolute atomic E-state index is 11.4. The van der Waals surface area contributed by atoms with Crippen molar-refractivity contribution in [2.24, 2.45) is 11.5 Å². The van der Waals surface area contributed by atoms with E-state index in [1.165, 1.54) is 6.42 Å². The van der Waals surface area contributed by atoms with E-state index in [0.717, 1.165) is 37.0 Å². The van der Waals surface area contributed by atoms with Crippen molar-refractivity contribution in [1.82, 2.24) is 9.97 Å². The molecule has 5 heteroatoms. The van der Waals surface area contributed by atoms with E-state index in [2.05, 4.69) is 9.97 Å². The highest BCUT2D eigenvalue weighted by Crippen LogP contribution is 2.34. The topological polar surface area (TPSA) is 97.8 Å². The molecule has 100 valence electrons. The van der Waals surface area contributed by atoms with Gasteiger partial charge in [-0.2, -0.15) is 0 Å². The van der Waals surface area contributed by atoms with Crippen LogP contribution in [0.1, 0.15) is 48.3 Å². The Morgan fingerprint density at radius 2 is 2.00 bits per heavy atom. The first kappa shape index (κ1) is 12.2. The first-order valence-corrected chi connectivity index (χ1v) is 6.68. The highest BCUT2D eigenvalue weighted by Gasteiger charge is 2.32. The fourth-order valence-corrected chi connectivity index (χ4v) is 2.89. The van der Waals surface area contributed by atoms with E-state index >= 15 is 0 Å². The number of hydrogen-bond acceptors (Lipinski definition) is 3. The molecule has 19 heavy (non-hydrogen) atoms. The third kappa shape index (κ3) is 2.00. The van der Waals surface area contributed by atoms with Gasteiger partial charge in [0.15, 0.2) is 0 Å². The van der Waals surface area contributed by atoms with Crippen molar-refractivity contribution in [1.29, 1.82) is 0 Å². The molecule has 0 aliphatic heterocycles. The molecule has 5 N–H and O–H groups in total. The number of fused-ring (bicyclic) bond motifs is 1. The van der Waals surface area contributed by atoms with Crippen molar-refractivity contribution in [3.8, 4) is 0 Å². The van der Waals surface area contributed by atoms with E-state index in [4.69, 9.17) is 11.5 Å². The van der Waals surface area contributed by atoms with Gasteiger partial charge in [0.05, 0.1) is 16.6 Å². The maximum Gasteiger partial charge on any atom is 0.250 e. The first-order chi connectivity index (χ1) is 9.10. The van der Waals surface area contributed by atoms with Gasteiger partial charge in [-0.05, 0) is 25.0 Å². The van der Waals surface area contributed by atoms with Gasteiger partial charge in [0.2, 0.25) is 0 Å². The molecule has 1 amide bonds. The predicted octanol–water partition coefficient (Wildman–Crippen LogP) is 1.78. The molecule has 3 rings (SSSR count). The van der Waals surface area contributed by atoms with Gasteiger partial charge in [-0.15, -0.1) is 0 Å². The summed E-state index contributed by atoms with van der Waals surface area (Å²) < 4.78 is 0. The van der Waals surface area contributed by atoms with Crippen LogP contribution in [0.4, 0.5) is 0 Å². The van der Waals surface area contributed by atoms with E-state index in [9.17, 15) is 4.79 Å². The number of nitrogens with two attached hydrogens (primary N) is 2. The summed E-state index contributed by atoms with van der Waals surface area (Å²) in [6.07, 6.45) is 5.33. The largest absolute Gasteiger partial charge is 0.366 e. The Balaban J connectivity index is 2.11. The Labute approximate surface area is 111 Å². The van der Waals surface area contributed by atoms with Gasteiger partial charge in [-0.25, -0.2) is 4.98 Å². The molecule has 5 nitrogen and oxygen atoms in total. The van der Waals surface area contributed by atoms with Crippen LogP contribution in [0.3, 0.4) is 0 Å². The van der Waals surface area contributed by atoms with Crippen LogP contribution in [0.25, 0.3) is 11.0 Å². The normalized spacial score (nSPS) is 18.6. The van der Waals surface area contributed by atoms with Gasteiger partial charge in [0.1, 0.15) is 11.3 Å². The van der Waals surface area contributed by atoms with Crippen LogP contribution in [-0.2, 0) is 5.54 Å². The zero-order valence-corrected chi connectivity index (χ0v) is 10.8. The zero-order chi connectivity index (χ0) is 13.5. The number of aromatic amines is 1. The van der Waals surface area contributed by atoms with Crippen LogP contribution < -0.4 is 11.5 Å². The van der Waals surface area contributed by atoms with Gasteiger partial charge in [0.25, 0.3) is 5.91 Å². The van der Waals surface area contributed by atoms with E-state index in [-0.39, 0.29) is 0 Å². The number of carbonyl (C=O) groups is 1. The Morgan fingerprint density at radius 1 is 1.26 bits per heavy atom. The maximum atomic E-state index is 11.4. The number of nitrogens with zero attached hydrogens (tertiary/aromatic N) is 1. The molecule has 0 bridgehead atoms. The minimum atomic E-state index is -0.460. The van der Waals surface area contributed by atoms with Crippen LogP contribution in [0.15, 0.2) is 18.2 Å². The third-order valence-corrected chi connectivity index (χ3v) is 4.00. The number of imidazole rings is 1. The molecule has 2 aromatic rings. The Hall–Kier alpha value is -1.88. The van der Waals surface area contributed by atoms with Gasteiger partial charge >= 0.3 is 0 Å². The summed E-state index contributed by atoms with van der Waals surface area (Å²) >= 11 is 0. The SMILES string of the molecule is NC(=O)c1cccc2[nH]c(C3(N)CCCCC3)nc12. The molecule has 1 heterocycles. The van der Waals surface area contributed by atoms with Crippen LogP contribution in [-0.4, -0.2) is 15.9 Å². The van der Waals surface area contributed by atoms with Crippen molar-refractivity contribution < 1.29 is 4.79 Å². The highest BCUT2D eigenvalue weighted by atomic mass is 16.1. The Bertz CT molecular complexity index is 625. The number of nitrogens with one attached hydrogen (secondary N) is 1. The zero-order valence-electron chi connectivity index (χ0n) is 10.8. The minimum Gasteiger partial charge on any atom is -0.366 e. The number of rotatable bonds is 2. The first-order valence-electron chi connectivity index (χ1n) is 6.68. The molecule has 0 radical (unpaired) electrons. The molecule has 0 atom stereocenters. The smallest absolute Gasteiger partial charge is 0.250 e. The molecule has 1 saturated carbocycles. The fourth-order valence-electron chi connectivity index (χ4n) is 2.89. The molecule has 0 spiro atoms. The number of amides is 1. The predicted molar refractivity (Wildman–Crippen MR) is 73.6 cm³/mol. The average Bonchev–Trinajstić information content (AvgIpc) is 2.83. The lowest BCUT2D eigenvalue weighted by atomic mass is 9.82. The number of para-hydroxylation sites is 1. The Morgan fingerprint density at radius 3 is 2.68 bits per heavy atom. The molecule has 1 aromatic heterocycles. The summed E-state index contributed by atoms with van der Waals surface area (Å²) in [7, 11) is 0. The van der Waals surface area contributed by atoms with Crippen LogP contribution in [0.2, 0.25) is 0 Å². The quantitative estimate of drug-likeness (QED) is 0.765. The summed E-state index contributed by atoms with van der Waals surface area (Å²) in [5.41, 5.74) is 13.3. The molecular weight excluding hydrogens is 240 g/mol. The van der Waals surface area contributed by atoms with Gasteiger partial charge < -0.3 is 16.5 Å². The van der Waals surface area contributed by atoms with Crippen molar-refractivity contribution >= 4 is 16.9 Å².